The number of hydrogen-bond donors (Lipinski definition) is 1. The van der Waals surface area contributed by atoms with Gasteiger partial charge in [-0.15, -0.1) is 4.28 Å². The number of benzene rings is 1. The summed E-state index contributed by atoms with van der Waals surface area (Å²) in [6.07, 6.45) is 0. The fourth-order valence-corrected chi connectivity index (χ4v) is 1.41. The standard InChI is InChI=1S/C7H8ClNO4S/c1-9(13-14(10,11)12)7-4-2-3-6(8)5-7/h2-5H,1H3,(H,10,11,12). The van der Waals surface area contributed by atoms with Gasteiger partial charge in [-0.05, 0) is 18.2 Å². The van der Waals surface area contributed by atoms with Crippen LogP contribution in [0, 0.1) is 0 Å². The van der Waals surface area contributed by atoms with Crippen LogP contribution < -0.4 is 5.06 Å². The van der Waals surface area contributed by atoms with Gasteiger partial charge in [0.05, 0.1) is 5.69 Å². The van der Waals surface area contributed by atoms with Crippen molar-refractivity contribution in [2.45, 2.75) is 0 Å². The van der Waals surface area contributed by atoms with Crippen LogP contribution >= 0.6 is 11.6 Å². The van der Waals surface area contributed by atoms with Gasteiger partial charge in [0.2, 0.25) is 0 Å². The summed E-state index contributed by atoms with van der Waals surface area (Å²) < 4.78 is 33.3. The van der Waals surface area contributed by atoms with Crippen LogP contribution in [-0.2, 0) is 14.7 Å². The summed E-state index contributed by atoms with van der Waals surface area (Å²) in [5.74, 6) is 0. The van der Waals surface area contributed by atoms with E-state index in [2.05, 4.69) is 4.28 Å². The molecule has 0 aromatic heterocycles. The van der Waals surface area contributed by atoms with Crippen molar-refractivity contribution in [1.29, 1.82) is 0 Å². The quantitative estimate of drug-likeness (QED) is 0.638. The van der Waals surface area contributed by atoms with Gasteiger partial charge in [0, 0.05) is 12.1 Å². The van der Waals surface area contributed by atoms with E-state index in [-0.39, 0.29) is 0 Å². The van der Waals surface area contributed by atoms with Crippen molar-refractivity contribution in [1.82, 2.24) is 0 Å². The first-order chi connectivity index (χ1) is 6.38. The highest BCUT2D eigenvalue weighted by Gasteiger charge is 2.10. The number of rotatable bonds is 3. The monoisotopic (exact) mass is 237 g/mol. The fourth-order valence-electron chi connectivity index (χ4n) is 0.856. The summed E-state index contributed by atoms with van der Waals surface area (Å²) in [6, 6.07) is 6.33. The van der Waals surface area contributed by atoms with Gasteiger partial charge in [-0.2, -0.15) is 8.42 Å². The Labute approximate surface area is 86.8 Å². The molecular formula is C7H8ClNO4S. The zero-order valence-electron chi connectivity index (χ0n) is 7.21. The Bertz CT molecular complexity index is 419. The lowest BCUT2D eigenvalue weighted by molar-refractivity contribution is 0.258. The number of anilines is 1. The molecule has 7 heteroatoms. The van der Waals surface area contributed by atoms with Gasteiger partial charge in [-0.25, -0.2) is 5.06 Å². The number of hydrogen-bond acceptors (Lipinski definition) is 4. The highest BCUT2D eigenvalue weighted by molar-refractivity contribution is 7.80. The SMILES string of the molecule is CN(OS(=O)(=O)O)c1cccc(Cl)c1. The second-order valence-electron chi connectivity index (χ2n) is 2.48. The van der Waals surface area contributed by atoms with Crippen molar-refractivity contribution < 1.29 is 17.3 Å². The molecule has 14 heavy (non-hydrogen) atoms. The molecule has 1 rings (SSSR count). The molecule has 0 aliphatic heterocycles. The topological polar surface area (TPSA) is 66.8 Å². The van der Waals surface area contributed by atoms with Crippen molar-refractivity contribution in [3.8, 4) is 0 Å². The van der Waals surface area contributed by atoms with Crippen LogP contribution in [0.25, 0.3) is 0 Å². The maximum atomic E-state index is 10.4. The summed E-state index contributed by atoms with van der Waals surface area (Å²) in [5, 5.41) is 1.33. The third kappa shape index (κ3) is 3.51. The Kier molecular flexibility index (Phi) is 3.33. The van der Waals surface area contributed by atoms with Crippen LogP contribution in [0.4, 0.5) is 5.69 Å². The molecule has 0 amide bonds. The van der Waals surface area contributed by atoms with E-state index in [0.717, 1.165) is 5.06 Å². The Hall–Kier alpha value is -0.820. The van der Waals surface area contributed by atoms with Crippen molar-refractivity contribution in [3.05, 3.63) is 29.3 Å². The van der Waals surface area contributed by atoms with Crippen LogP contribution in [-0.4, -0.2) is 20.0 Å². The smallest absolute Gasteiger partial charge is 0.262 e. The molecule has 0 saturated carbocycles. The third-order valence-electron chi connectivity index (χ3n) is 1.38. The Morgan fingerprint density at radius 3 is 2.64 bits per heavy atom. The van der Waals surface area contributed by atoms with E-state index in [1.54, 1.807) is 18.2 Å². The fraction of sp³-hybridized carbons (Fsp3) is 0.143. The minimum Gasteiger partial charge on any atom is -0.262 e. The summed E-state index contributed by atoms with van der Waals surface area (Å²) in [5.41, 5.74) is 0.412. The van der Waals surface area contributed by atoms with Gasteiger partial charge >= 0.3 is 10.4 Å². The van der Waals surface area contributed by atoms with Crippen LogP contribution in [0.1, 0.15) is 0 Å². The summed E-state index contributed by atoms with van der Waals surface area (Å²) in [4.78, 5) is 0. The molecule has 0 unspecified atom stereocenters. The van der Waals surface area contributed by atoms with Gasteiger partial charge < -0.3 is 0 Å². The van der Waals surface area contributed by atoms with E-state index in [1.165, 1.54) is 13.1 Å². The third-order valence-corrected chi connectivity index (χ3v) is 2.02. The lowest BCUT2D eigenvalue weighted by Gasteiger charge is -2.15. The molecule has 78 valence electrons. The van der Waals surface area contributed by atoms with E-state index >= 15 is 0 Å². The average Bonchev–Trinajstić information content (AvgIpc) is 2.01. The first-order valence-corrected chi connectivity index (χ1v) is 5.29. The molecule has 0 spiro atoms. The molecule has 5 nitrogen and oxygen atoms in total. The second-order valence-corrected chi connectivity index (χ2v) is 3.92. The maximum Gasteiger partial charge on any atom is 0.418 e. The van der Waals surface area contributed by atoms with Gasteiger partial charge in [0.15, 0.2) is 0 Å². The van der Waals surface area contributed by atoms with Gasteiger partial charge in [0.25, 0.3) is 0 Å². The molecule has 0 aliphatic rings. The lowest BCUT2D eigenvalue weighted by Crippen LogP contribution is -2.22. The van der Waals surface area contributed by atoms with E-state index in [1.807, 2.05) is 0 Å². The van der Waals surface area contributed by atoms with E-state index in [4.69, 9.17) is 16.2 Å². The zero-order valence-corrected chi connectivity index (χ0v) is 8.79. The van der Waals surface area contributed by atoms with E-state index in [9.17, 15) is 8.42 Å². The Morgan fingerprint density at radius 1 is 1.50 bits per heavy atom. The molecule has 0 saturated heterocycles. The minimum absolute atomic E-state index is 0.412. The largest absolute Gasteiger partial charge is 0.418 e. The normalized spacial score (nSPS) is 11.4. The molecule has 0 bridgehead atoms. The molecule has 0 heterocycles. The van der Waals surface area contributed by atoms with Crippen molar-refractivity contribution in [2.24, 2.45) is 0 Å². The number of nitrogens with zero attached hydrogens (tertiary/aromatic N) is 1. The number of hydroxylamine groups is 1. The van der Waals surface area contributed by atoms with Crippen LogP contribution in [0.2, 0.25) is 5.02 Å². The predicted octanol–water partition coefficient (Wildman–Crippen LogP) is 1.51. The Balaban J connectivity index is 2.85. The maximum absolute atomic E-state index is 10.4. The highest BCUT2D eigenvalue weighted by Crippen LogP contribution is 2.18. The molecule has 0 aliphatic carbocycles. The zero-order chi connectivity index (χ0) is 10.8. The van der Waals surface area contributed by atoms with Gasteiger partial charge in [0.1, 0.15) is 0 Å². The van der Waals surface area contributed by atoms with Crippen LogP contribution in [0.15, 0.2) is 24.3 Å². The van der Waals surface area contributed by atoms with Crippen molar-refractivity contribution in [2.75, 3.05) is 12.1 Å². The molecule has 1 N–H and O–H groups in total. The molecular weight excluding hydrogens is 230 g/mol. The van der Waals surface area contributed by atoms with Gasteiger partial charge in [-0.3, -0.25) is 4.55 Å². The molecule has 0 fully saturated rings. The highest BCUT2D eigenvalue weighted by atomic mass is 35.5. The lowest BCUT2D eigenvalue weighted by atomic mass is 10.3. The average molecular weight is 238 g/mol. The summed E-state index contributed by atoms with van der Waals surface area (Å²) in [6.45, 7) is 0. The minimum atomic E-state index is -4.50. The summed E-state index contributed by atoms with van der Waals surface area (Å²) in [7, 11) is -3.17. The molecule has 1 aromatic carbocycles. The van der Waals surface area contributed by atoms with Gasteiger partial charge in [-0.1, -0.05) is 17.7 Å². The van der Waals surface area contributed by atoms with Crippen molar-refractivity contribution >= 4 is 27.7 Å². The van der Waals surface area contributed by atoms with E-state index in [0.29, 0.717) is 10.7 Å². The summed E-state index contributed by atoms with van der Waals surface area (Å²) >= 11 is 5.67. The second kappa shape index (κ2) is 4.14. The first-order valence-electron chi connectivity index (χ1n) is 3.55. The molecule has 0 radical (unpaired) electrons. The van der Waals surface area contributed by atoms with Crippen molar-refractivity contribution in [3.63, 3.8) is 0 Å². The molecule has 1 aromatic rings. The van der Waals surface area contributed by atoms with Crippen LogP contribution in [0.3, 0.4) is 0 Å². The first kappa shape index (κ1) is 11.3. The van der Waals surface area contributed by atoms with E-state index < -0.39 is 10.4 Å². The Morgan fingerprint density at radius 2 is 2.14 bits per heavy atom. The van der Waals surface area contributed by atoms with Crippen LogP contribution in [0.5, 0.6) is 0 Å². The predicted molar refractivity (Wildman–Crippen MR) is 52.5 cm³/mol. The number of halogens is 1. The molecule has 0 atom stereocenters.